The number of carbonyl (C=O) groups is 4. The molecule has 1 aromatic heterocycles. The molecular formula is C17H14N4O4S. The van der Waals surface area contributed by atoms with Crippen LogP contribution in [0.3, 0.4) is 0 Å². The highest BCUT2D eigenvalue weighted by Crippen LogP contribution is 2.32. The van der Waals surface area contributed by atoms with Gasteiger partial charge in [0.25, 0.3) is 11.8 Å². The molecule has 0 saturated carbocycles. The number of fused-ring (bicyclic) bond motifs is 1. The van der Waals surface area contributed by atoms with E-state index in [1.807, 2.05) is 5.38 Å². The molecule has 1 unspecified atom stereocenters. The Labute approximate surface area is 152 Å². The van der Waals surface area contributed by atoms with Gasteiger partial charge in [0.15, 0.2) is 0 Å². The van der Waals surface area contributed by atoms with Gasteiger partial charge in [-0.05, 0) is 18.6 Å². The van der Waals surface area contributed by atoms with Crippen molar-refractivity contribution in [2.45, 2.75) is 25.4 Å². The number of carbonyl (C=O) groups excluding carboxylic acids is 4. The van der Waals surface area contributed by atoms with E-state index < -0.39 is 29.7 Å². The second-order valence-electron chi connectivity index (χ2n) is 5.95. The predicted octanol–water partition coefficient (Wildman–Crippen LogP) is 1.16. The number of thiazole rings is 1. The molecule has 0 aliphatic carbocycles. The van der Waals surface area contributed by atoms with Crippen LogP contribution in [0.4, 0.5) is 5.69 Å². The number of anilines is 1. The largest absolute Gasteiger partial charge is 0.378 e. The van der Waals surface area contributed by atoms with Gasteiger partial charge in [0, 0.05) is 23.7 Å². The van der Waals surface area contributed by atoms with Crippen LogP contribution in [-0.4, -0.2) is 39.6 Å². The average molecular weight is 370 g/mol. The van der Waals surface area contributed by atoms with E-state index in [9.17, 15) is 19.2 Å². The maximum Gasteiger partial charge on any atom is 0.264 e. The van der Waals surface area contributed by atoms with Gasteiger partial charge in [0.05, 0.1) is 17.7 Å². The van der Waals surface area contributed by atoms with E-state index in [2.05, 4.69) is 15.6 Å². The zero-order valence-electron chi connectivity index (χ0n) is 13.5. The van der Waals surface area contributed by atoms with Gasteiger partial charge in [-0.1, -0.05) is 6.07 Å². The Morgan fingerprint density at radius 3 is 2.81 bits per heavy atom. The molecule has 2 aliphatic heterocycles. The number of imide groups is 2. The second-order valence-corrected chi connectivity index (χ2v) is 6.93. The summed E-state index contributed by atoms with van der Waals surface area (Å²) >= 11 is 1.48. The Morgan fingerprint density at radius 2 is 2.08 bits per heavy atom. The van der Waals surface area contributed by atoms with Crippen LogP contribution in [0.15, 0.2) is 29.8 Å². The van der Waals surface area contributed by atoms with Crippen molar-refractivity contribution in [2.75, 3.05) is 5.32 Å². The standard InChI is InChI=1S/C17H14N4O4S/c22-12-5-4-11(15(23)20-12)21-16(24)9-2-1-3-10(14(9)17(21)25)19-8-13-18-6-7-26-13/h1-3,6-7,11,19H,4-5,8H2,(H,20,22,23). The Morgan fingerprint density at radius 1 is 1.23 bits per heavy atom. The normalized spacial score (nSPS) is 19.5. The number of benzene rings is 1. The van der Waals surface area contributed by atoms with Crippen molar-refractivity contribution < 1.29 is 19.2 Å². The Balaban J connectivity index is 1.63. The molecule has 9 heteroatoms. The molecule has 0 radical (unpaired) electrons. The van der Waals surface area contributed by atoms with Crippen molar-refractivity contribution in [1.29, 1.82) is 0 Å². The molecule has 2 aliphatic rings. The van der Waals surface area contributed by atoms with Crippen molar-refractivity contribution in [3.63, 3.8) is 0 Å². The smallest absolute Gasteiger partial charge is 0.264 e. The molecule has 1 fully saturated rings. The van der Waals surface area contributed by atoms with E-state index >= 15 is 0 Å². The Hall–Kier alpha value is -3.07. The molecule has 1 atom stereocenters. The summed E-state index contributed by atoms with van der Waals surface area (Å²) in [5.41, 5.74) is 1.02. The van der Waals surface area contributed by atoms with Gasteiger partial charge < -0.3 is 5.32 Å². The summed E-state index contributed by atoms with van der Waals surface area (Å²) in [7, 11) is 0. The first-order valence-electron chi connectivity index (χ1n) is 8.03. The summed E-state index contributed by atoms with van der Waals surface area (Å²) < 4.78 is 0. The van der Waals surface area contributed by atoms with Gasteiger partial charge >= 0.3 is 0 Å². The number of amides is 4. The molecule has 0 bridgehead atoms. The molecule has 4 rings (SSSR count). The van der Waals surface area contributed by atoms with Gasteiger partial charge in [-0.15, -0.1) is 11.3 Å². The SMILES string of the molecule is O=C1CCC(N2C(=O)c3cccc(NCc4nccs4)c3C2=O)C(=O)N1. The highest BCUT2D eigenvalue weighted by atomic mass is 32.1. The average Bonchev–Trinajstić information content (AvgIpc) is 3.22. The number of nitrogens with one attached hydrogen (secondary N) is 2. The molecule has 3 heterocycles. The van der Waals surface area contributed by atoms with E-state index in [-0.39, 0.29) is 24.0 Å². The van der Waals surface area contributed by atoms with Crippen LogP contribution in [-0.2, 0) is 16.1 Å². The molecule has 8 nitrogen and oxygen atoms in total. The van der Waals surface area contributed by atoms with Gasteiger partial charge in [-0.3, -0.25) is 29.4 Å². The van der Waals surface area contributed by atoms with E-state index in [1.54, 1.807) is 24.4 Å². The minimum atomic E-state index is -0.966. The van der Waals surface area contributed by atoms with Crippen molar-refractivity contribution in [1.82, 2.24) is 15.2 Å². The molecule has 2 N–H and O–H groups in total. The lowest BCUT2D eigenvalue weighted by Gasteiger charge is -2.27. The predicted molar refractivity (Wildman–Crippen MR) is 92.6 cm³/mol. The summed E-state index contributed by atoms with van der Waals surface area (Å²) in [6.45, 7) is 0.425. The van der Waals surface area contributed by atoms with Gasteiger partial charge in [0.1, 0.15) is 11.0 Å². The molecule has 4 amide bonds. The fourth-order valence-corrected chi connectivity index (χ4v) is 3.73. The number of aromatic nitrogens is 1. The van der Waals surface area contributed by atoms with Crippen LogP contribution >= 0.6 is 11.3 Å². The zero-order valence-corrected chi connectivity index (χ0v) is 14.3. The Kier molecular flexibility index (Phi) is 4.00. The highest BCUT2D eigenvalue weighted by molar-refractivity contribution is 7.09. The van der Waals surface area contributed by atoms with Crippen LogP contribution in [0.25, 0.3) is 0 Å². The third kappa shape index (κ3) is 2.66. The summed E-state index contributed by atoms with van der Waals surface area (Å²) in [4.78, 5) is 54.2. The molecule has 26 heavy (non-hydrogen) atoms. The number of hydrogen-bond donors (Lipinski definition) is 2. The zero-order chi connectivity index (χ0) is 18.3. The Bertz CT molecular complexity index is 925. The molecule has 132 valence electrons. The number of piperidine rings is 1. The first-order chi connectivity index (χ1) is 12.6. The number of nitrogens with zero attached hydrogens (tertiary/aromatic N) is 2. The second kappa shape index (κ2) is 6.34. The molecule has 0 spiro atoms. The molecule has 1 aromatic carbocycles. The third-order valence-corrected chi connectivity index (χ3v) is 5.16. The van der Waals surface area contributed by atoms with Crippen molar-refractivity contribution in [2.24, 2.45) is 0 Å². The van der Waals surface area contributed by atoms with E-state index in [4.69, 9.17) is 0 Å². The molecule has 2 aromatic rings. The van der Waals surface area contributed by atoms with Crippen molar-refractivity contribution in [3.05, 3.63) is 45.9 Å². The van der Waals surface area contributed by atoms with Crippen molar-refractivity contribution >= 4 is 40.7 Å². The minimum absolute atomic E-state index is 0.0962. The van der Waals surface area contributed by atoms with E-state index in [0.717, 1.165) is 9.91 Å². The third-order valence-electron chi connectivity index (χ3n) is 4.38. The summed E-state index contributed by atoms with van der Waals surface area (Å²) in [5, 5.41) is 8.02. The topological polar surface area (TPSA) is 108 Å². The lowest BCUT2D eigenvalue weighted by atomic mass is 10.0. The lowest BCUT2D eigenvalue weighted by molar-refractivity contribution is -0.136. The lowest BCUT2D eigenvalue weighted by Crippen LogP contribution is -2.54. The maximum atomic E-state index is 12.9. The fraction of sp³-hybridized carbons (Fsp3) is 0.235. The van der Waals surface area contributed by atoms with Crippen LogP contribution in [0.1, 0.15) is 38.6 Å². The van der Waals surface area contributed by atoms with Gasteiger partial charge in [-0.25, -0.2) is 4.98 Å². The van der Waals surface area contributed by atoms with Crippen molar-refractivity contribution in [3.8, 4) is 0 Å². The fourth-order valence-electron chi connectivity index (χ4n) is 3.17. The van der Waals surface area contributed by atoms with Crippen LogP contribution in [0.5, 0.6) is 0 Å². The number of rotatable bonds is 4. The highest BCUT2D eigenvalue weighted by Gasteiger charge is 2.45. The maximum absolute atomic E-state index is 12.9. The molecule has 1 saturated heterocycles. The molecular weight excluding hydrogens is 356 g/mol. The van der Waals surface area contributed by atoms with Crippen LogP contribution < -0.4 is 10.6 Å². The van der Waals surface area contributed by atoms with Crippen LogP contribution in [0, 0.1) is 0 Å². The van der Waals surface area contributed by atoms with Gasteiger partial charge in [0.2, 0.25) is 11.8 Å². The van der Waals surface area contributed by atoms with E-state index in [0.29, 0.717) is 12.2 Å². The summed E-state index contributed by atoms with van der Waals surface area (Å²) in [6, 6.07) is 4.00. The van der Waals surface area contributed by atoms with Gasteiger partial charge in [-0.2, -0.15) is 0 Å². The van der Waals surface area contributed by atoms with E-state index in [1.165, 1.54) is 11.3 Å². The van der Waals surface area contributed by atoms with Crippen LogP contribution in [0.2, 0.25) is 0 Å². The monoisotopic (exact) mass is 370 g/mol. The first kappa shape index (κ1) is 16.4. The summed E-state index contributed by atoms with van der Waals surface area (Å²) in [5.74, 6) is -2.05. The minimum Gasteiger partial charge on any atom is -0.378 e. The quantitative estimate of drug-likeness (QED) is 0.782. The summed E-state index contributed by atoms with van der Waals surface area (Å²) in [6.07, 6.45) is 1.92. The number of hydrogen-bond acceptors (Lipinski definition) is 7. The first-order valence-corrected chi connectivity index (χ1v) is 8.91.